The van der Waals surface area contributed by atoms with Gasteiger partial charge in [0.1, 0.15) is 17.2 Å². The minimum Gasteiger partial charge on any atom is -0.476 e. The molecule has 2 aromatic rings. The van der Waals surface area contributed by atoms with Gasteiger partial charge in [-0.15, -0.1) is 23.2 Å². The van der Waals surface area contributed by atoms with Crippen LogP contribution < -0.4 is 4.74 Å². The maximum Gasteiger partial charge on any atom is 0.358 e. The molecule has 0 saturated heterocycles. The van der Waals surface area contributed by atoms with Crippen molar-refractivity contribution in [3.8, 4) is 5.75 Å². The number of hydrogen-bond donors (Lipinski definition) is 1. The zero-order valence-corrected chi connectivity index (χ0v) is 18.9. The topological polar surface area (TPSA) is 77.4 Å². The van der Waals surface area contributed by atoms with Crippen molar-refractivity contribution in [3.05, 3.63) is 63.1 Å². The predicted octanol–water partition coefficient (Wildman–Crippen LogP) is 5.81. The Morgan fingerprint density at radius 2 is 1.80 bits per heavy atom. The van der Waals surface area contributed by atoms with E-state index in [0.717, 1.165) is 0 Å². The molecule has 30 heavy (non-hydrogen) atoms. The summed E-state index contributed by atoms with van der Waals surface area (Å²) in [4.78, 5) is 16.3. The van der Waals surface area contributed by atoms with Crippen LogP contribution in [0.5, 0.6) is 5.75 Å². The average Bonchev–Trinajstić information content (AvgIpc) is 3.30. The molecule has 1 saturated carbocycles. The Hall–Kier alpha value is -1.70. The molecule has 2 atom stereocenters. The van der Waals surface area contributed by atoms with E-state index < -0.39 is 16.6 Å². The standard InChI is InChI=1S/C20H17Cl4NO5/c1-28-19(12-6-4-3-5-11(12)17(18(26)27)25-29-2)30-10-7-14(21)16(15(22)8-10)13-9-20(13,23)24/h3-8,13,19H,9H2,1-2H3,(H,26,27)/b25-17+. The van der Waals surface area contributed by atoms with E-state index in [9.17, 15) is 9.90 Å². The number of carboxylic acid groups (broad SMARTS) is 1. The molecular formula is C20H17Cl4NO5. The number of methoxy groups -OCH3 is 1. The summed E-state index contributed by atoms with van der Waals surface area (Å²) >= 11 is 25.1. The van der Waals surface area contributed by atoms with Crippen LogP contribution in [0.1, 0.15) is 35.3 Å². The molecule has 1 aliphatic rings. The summed E-state index contributed by atoms with van der Waals surface area (Å²) in [5.74, 6) is -1.09. The van der Waals surface area contributed by atoms with E-state index in [4.69, 9.17) is 55.9 Å². The highest BCUT2D eigenvalue weighted by Crippen LogP contribution is 2.62. The molecule has 1 fully saturated rings. The van der Waals surface area contributed by atoms with Crippen LogP contribution in [0.25, 0.3) is 0 Å². The van der Waals surface area contributed by atoms with Gasteiger partial charge in [-0.2, -0.15) is 0 Å². The van der Waals surface area contributed by atoms with Crippen LogP contribution in [0.15, 0.2) is 41.6 Å². The van der Waals surface area contributed by atoms with Gasteiger partial charge in [-0.1, -0.05) is 52.6 Å². The number of oxime groups is 1. The molecule has 0 amide bonds. The fraction of sp³-hybridized carbons (Fsp3) is 0.300. The smallest absolute Gasteiger partial charge is 0.358 e. The van der Waals surface area contributed by atoms with Crippen molar-refractivity contribution in [1.29, 1.82) is 0 Å². The highest BCUT2D eigenvalue weighted by molar-refractivity contribution is 6.52. The lowest BCUT2D eigenvalue weighted by Crippen LogP contribution is -2.20. The lowest BCUT2D eigenvalue weighted by Gasteiger charge is -2.21. The van der Waals surface area contributed by atoms with E-state index in [1.165, 1.54) is 14.2 Å². The highest BCUT2D eigenvalue weighted by Gasteiger charge is 2.54. The summed E-state index contributed by atoms with van der Waals surface area (Å²) in [6.07, 6.45) is -0.415. The summed E-state index contributed by atoms with van der Waals surface area (Å²) in [6.45, 7) is 0. The fourth-order valence-corrected chi connectivity index (χ4v) is 4.32. The van der Waals surface area contributed by atoms with E-state index >= 15 is 0 Å². The number of aliphatic carboxylic acids is 1. The lowest BCUT2D eigenvalue weighted by atomic mass is 10.0. The van der Waals surface area contributed by atoms with Gasteiger partial charge in [0.05, 0.1) is 0 Å². The first kappa shape index (κ1) is 23.0. The minimum atomic E-state index is -1.26. The van der Waals surface area contributed by atoms with Crippen LogP contribution in [0.4, 0.5) is 0 Å². The molecule has 2 aromatic carbocycles. The zero-order valence-electron chi connectivity index (χ0n) is 15.9. The summed E-state index contributed by atoms with van der Waals surface area (Å²) in [6, 6.07) is 9.80. The van der Waals surface area contributed by atoms with Gasteiger partial charge in [-0.05, 0) is 24.1 Å². The Labute approximate surface area is 193 Å². The second kappa shape index (κ2) is 9.20. The van der Waals surface area contributed by atoms with Gasteiger partial charge < -0.3 is 19.4 Å². The third kappa shape index (κ3) is 4.79. The molecular weight excluding hydrogens is 476 g/mol. The van der Waals surface area contributed by atoms with Crippen LogP contribution in [0.3, 0.4) is 0 Å². The number of nitrogens with zero attached hydrogens (tertiary/aromatic N) is 1. The number of ether oxygens (including phenoxy) is 2. The maximum atomic E-state index is 11.6. The van der Waals surface area contributed by atoms with Crippen LogP contribution in [-0.4, -0.2) is 35.3 Å². The van der Waals surface area contributed by atoms with E-state index in [1.54, 1.807) is 36.4 Å². The van der Waals surface area contributed by atoms with Gasteiger partial charge in [0.2, 0.25) is 6.29 Å². The van der Waals surface area contributed by atoms with Crippen LogP contribution in [0.2, 0.25) is 10.0 Å². The largest absolute Gasteiger partial charge is 0.476 e. The first-order valence-electron chi connectivity index (χ1n) is 8.69. The molecule has 0 bridgehead atoms. The van der Waals surface area contributed by atoms with Gasteiger partial charge in [-0.25, -0.2) is 4.79 Å². The first-order chi connectivity index (χ1) is 14.2. The monoisotopic (exact) mass is 491 g/mol. The molecule has 0 aromatic heterocycles. The molecule has 160 valence electrons. The van der Waals surface area contributed by atoms with Gasteiger partial charge in [0.25, 0.3) is 0 Å². The quantitative estimate of drug-likeness (QED) is 0.217. The average molecular weight is 493 g/mol. The lowest BCUT2D eigenvalue weighted by molar-refractivity contribution is -0.129. The van der Waals surface area contributed by atoms with Crippen molar-refractivity contribution in [2.75, 3.05) is 14.2 Å². The fourth-order valence-electron chi connectivity index (χ4n) is 3.06. The second-order valence-corrected chi connectivity index (χ2v) is 8.88. The Balaban J connectivity index is 1.94. The van der Waals surface area contributed by atoms with Gasteiger partial charge >= 0.3 is 5.97 Å². The molecule has 0 heterocycles. The summed E-state index contributed by atoms with van der Waals surface area (Å²) < 4.78 is 10.5. The molecule has 10 heteroatoms. The Bertz CT molecular complexity index is 972. The summed E-state index contributed by atoms with van der Waals surface area (Å²) in [5, 5.41) is 13.8. The number of hydrogen-bond acceptors (Lipinski definition) is 5. The number of halogens is 4. The van der Waals surface area contributed by atoms with Crippen LogP contribution >= 0.6 is 46.4 Å². The molecule has 3 rings (SSSR count). The third-order valence-corrected chi connectivity index (χ3v) is 6.00. The van der Waals surface area contributed by atoms with Gasteiger partial charge in [0, 0.05) is 34.2 Å². The van der Waals surface area contributed by atoms with Crippen molar-refractivity contribution in [2.45, 2.75) is 23.0 Å². The number of carbonyl (C=O) groups is 1. The molecule has 0 radical (unpaired) electrons. The molecule has 6 nitrogen and oxygen atoms in total. The minimum absolute atomic E-state index is 0.155. The molecule has 2 unspecified atom stereocenters. The zero-order chi connectivity index (χ0) is 22.1. The van der Waals surface area contributed by atoms with Crippen molar-refractivity contribution >= 4 is 58.1 Å². The van der Waals surface area contributed by atoms with E-state index in [2.05, 4.69) is 9.99 Å². The number of alkyl halides is 2. The molecule has 1 N–H and O–H groups in total. The van der Waals surface area contributed by atoms with Crippen molar-refractivity contribution < 1.29 is 24.2 Å². The predicted molar refractivity (Wildman–Crippen MR) is 116 cm³/mol. The summed E-state index contributed by atoms with van der Waals surface area (Å²) in [5.41, 5.74) is 1.07. The molecule has 1 aliphatic carbocycles. The van der Waals surface area contributed by atoms with E-state index in [-0.39, 0.29) is 17.2 Å². The number of benzene rings is 2. The Morgan fingerprint density at radius 3 is 2.30 bits per heavy atom. The number of rotatable bonds is 8. The molecule has 0 aliphatic heterocycles. The SMILES string of the molecule is CO/N=C(/C(=O)O)c1ccccc1C(OC)Oc1cc(Cl)c(C2CC2(Cl)Cl)c(Cl)c1. The molecule has 0 spiro atoms. The first-order valence-corrected chi connectivity index (χ1v) is 10.2. The van der Waals surface area contributed by atoms with Crippen LogP contribution in [0, 0.1) is 0 Å². The van der Waals surface area contributed by atoms with E-state index in [0.29, 0.717) is 33.3 Å². The van der Waals surface area contributed by atoms with Crippen molar-refractivity contribution in [3.63, 3.8) is 0 Å². The number of carboxylic acids is 1. The van der Waals surface area contributed by atoms with Crippen molar-refractivity contribution in [2.24, 2.45) is 5.16 Å². The second-order valence-electron chi connectivity index (χ2n) is 6.52. The van der Waals surface area contributed by atoms with Crippen molar-refractivity contribution in [1.82, 2.24) is 0 Å². The highest BCUT2D eigenvalue weighted by atomic mass is 35.5. The third-order valence-electron chi connectivity index (χ3n) is 4.54. The van der Waals surface area contributed by atoms with Gasteiger partial charge in [-0.3, -0.25) is 0 Å². The Kier molecular flexibility index (Phi) is 7.05. The van der Waals surface area contributed by atoms with E-state index in [1.807, 2.05) is 0 Å². The van der Waals surface area contributed by atoms with Gasteiger partial charge in [0.15, 0.2) is 5.71 Å². The Morgan fingerprint density at radius 1 is 1.20 bits per heavy atom. The van der Waals surface area contributed by atoms with Crippen LogP contribution in [-0.2, 0) is 14.4 Å². The summed E-state index contributed by atoms with van der Waals surface area (Å²) in [7, 11) is 2.68. The normalized spacial score (nSPS) is 18.6. The maximum absolute atomic E-state index is 11.6.